The highest BCUT2D eigenvalue weighted by molar-refractivity contribution is 7.80. The summed E-state index contributed by atoms with van der Waals surface area (Å²) in [4.78, 5) is 24.4. The first kappa shape index (κ1) is 18.5. The molecule has 2 atom stereocenters. The fourth-order valence-electron chi connectivity index (χ4n) is 3.13. The first-order valence-electron chi connectivity index (χ1n) is 8.34. The van der Waals surface area contributed by atoms with E-state index in [1.165, 1.54) is 4.90 Å². The Labute approximate surface area is 154 Å². The summed E-state index contributed by atoms with van der Waals surface area (Å²) in [5.74, 6) is 0.223. The second-order valence-corrected chi connectivity index (χ2v) is 6.73. The van der Waals surface area contributed by atoms with Crippen molar-refractivity contribution in [1.29, 1.82) is 0 Å². The third-order valence-corrected chi connectivity index (χ3v) is 4.82. The lowest BCUT2D eigenvalue weighted by Crippen LogP contribution is -2.36. The van der Waals surface area contributed by atoms with E-state index in [4.69, 9.17) is 4.74 Å². The van der Waals surface area contributed by atoms with E-state index >= 15 is 0 Å². The zero-order valence-corrected chi connectivity index (χ0v) is 14.7. The Morgan fingerprint density at radius 3 is 2.73 bits per heavy atom. The van der Waals surface area contributed by atoms with Crippen LogP contribution in [0.1, 0.15) is 24.3 Å². The number of thiocarbonyl (C=S) groups is 1. The molecule has 2 aliphatic rings. The lowest BCUT2D eigenvalue weighted by molar-refractivity contribution is -0.122. The molecule has 1 aromatic rings. The minimum Gasteiger partial charge on any atom is -0.442 e. The number of halogens is 2. The van der Waals surface area contributed by atoms with Crippen molar-refractivity contribution < 1.29 is 23.1 Å². The van der Waals surface area contributed by atoms with Crippen LogP contribution in [0.25, 0.3) is 0 Å². The van der Waals surface area contributed by atoms with Crippen LogP contribution in [-0.4, -0.2) is 49.2 Å². The minimum absolute atomic E-state index is 0.0423. The quantitative estimate of drug-likeness (QED) is 0.763. The highest BCUT2D eigenvalue weighted by Gasteiger charge is 2.32. The van der Waals surface area contributed by atoms with Crippen molar-refractivity contribution in [2.24, 2.45) is 0 Å². The molecule has 0 saturated carbocycles. The Balaban J connectivity index is 1.59. The number of piperidine rings is 1. The van der Waals surface area contributed by atoms with Gasteiger partial charge in [0.1, 0.15) is 11.1 Å². The summed E-state index contributed by atoms with van der Waals surface area (Å²) in [6.45, 7) is 0.961. The molecule has 26 heavy (non-hydrogen) atoms. The molecule has 1 aromatic carbocycles. The van der Waals surface area contributed by atoms with Gasteiger partial charge in [0, 0.05) is 18.7 Å². The van der Waals surface area contributed by atoms with E-state index in [1.807, 2.05) is 24.3 Å². The molecule has 6 nitrogen and oxygen atoms in total. The predicted molar refractivity (Wildman–Crippen MR) is 95.6 cm³/mol. The van der Waals surface area contributed by atoms with Crippen LogP contribution in [0, 0.1) is 0 Å². The number of nitrogens with one attached hydrogen (secondary N) is 2. The zero-order valence-electron chi connectivity index (χ0n) is 13.9. The molecule has 2 saturated heterocycles. The molecule has 2 N–H and O–H groups in total. The number of alkyl halides is 2. The van der Waals surface area contributed by atoms with Gasteiger partial charge in [-0.2, -0.15) is 0 Å². The number of rotatable bonds is 5. The monoisotopic (exact) mass is 383 g/mol. The van der Waals surface area contributed by atoms with Crippen molar-refractivity contribution in [2.75, 3.05) is 24.5 Å². The summed E-state index contributed by atoms with van der Waals surface area (Å²) in [6, 6.07) is 7.43. The number of carbonyl (C=O) groups is 2. The highest BCUT2D eigenvalue weighted by atomic mass is 32.1. The predicted octanol–water partition coefficient (Wildman–Crippen LogP) is 2.19. The fourth-order valence-corrected chi connectivity index (χ4v) is 3.21. The molecule has 2 fully saturated rings. The number of benzene rings is 1. The lowest BCUT2D eigenvalue weighted by Gasteiger charge is -2.23. The summed E-state index contributed by atoms with van der Waals surface area (Å²) in [7, 11) is 0. The van der Waals surface area contributed by atoms with Crippen LogP contribution >= 0.6 is 12.2 Å². The molecule has 3 rings (SSSR count). The SMILES string of the molecule is O=C1CC(c2ccc(N3C[C@H](CNC(=S)C(F)F)OC3=O)cc2)CCN1. The van der Waals surface area contributed by atoms with E-state index in [0.717, 1.165) is 12.0 Å². The first-order valence-corrected chi connectivity index (χ1v) is 8.75. The molecule has 2 heterocycles. The Hall–Kier alpha value is -2.29. The summed E-state index contributed by atoms with van der Waals surface area (Å²) < 4.78 is 30.0. The highest BCUT2D eigenvalue weighted by Crippen LogP contribution is 2.29. The lowest BCUT2D eigenvalue weighted by atomic mass is 9.90. The molecular weight excluding hydrogens is 364 g/mol. The standard InChI is InChI=1S/C17H19F2N3O3S/c18-15(19)16(26)21-8-13-9-22(17(24)25-13)12-3-1-10(2-4-12)11-5-6-20-14(23)7-11/h1-4,11,13,15H,5-9H2,(H,20,23)(H,21,26)/t11?,13-/m0/s1. The Morgan fingerprint density at radius 2 is 2.08 bits per heavy atom. The van der Waals surface area contributed by atoms with Crippen molar-refractivity contribution >= 4 is 34.9 Å². The number of ether oxygens (including phenoxy) is 1. The van der Waals surface area contributed by atoms with Gasteiger partial charge in [0.25, 0.3) is 6.43 Å². The smallest absolute Gasteiger partial charge is 0.414 e. The number of anilines is 1. The minimum atomic E-state index is -2.73. The van der Waals surface area contributed by atoms with Gasteiger partial charge in [-0.05, 0) is 30.0 Å². The van der Waals surface area contributed by atoms with E-state index in [9.17, 15) is 18.4 Å². The first-order chi connectivity index (χ1) is 12.4. The van der Waals surface area contributed by atoms with Crippen molar-refractivity contribution in [3.05, 3.63) is 29.8 Å². The van der Waals surface area contributed by atoms with Crippen LogP contribution in [0.2, 0.25) is 0 Å². The topological polar surface area (TPSA) is 70.7 Å². The Morgan fingerprint density at radius 1 is 1.35 bits per heavy atom. The molecule has 9 heteroatoms. The molecule has 0 bridgehead atoms. The molecule has 140 valence electrons. The van der Waals surface area contributed by atoms with Crippen molar-refractivity contribution in [2.45, 2.75) is 31.3 Å². The number of hydrogen-bond acceptors (Lipinski definition) is 4. The maximum Gasteiger partial charge on any atom is 0.414 e. The molecule has 0 spiro atoms. The summed E-state index contributed by atoms with van der Waals surface area (Å²) in [5.41, 5.74) is 1.72. The number of hydrogen-bond donors (Lipinski definition) is 2. The van der Waals surface area contributed by atoms with E-state index in [-0.39, 0.29) is 24.9 Å². The zero-order chi connectivity index (χ0) is 18.7. The van der Waals surface area contributed by atoms with Gasteiger partial charge in [-0.25, -0.2) is 13.6 Å². The number of carbonyl (C=O) groups excluding carboxylic acids is 2. The van der Waals surface area contributed by atoms with Crippen LogP contribution in [0.3, 0.4) is 0 Å². The second-order valence-electron chi connectivity index (χ2n) is 6.29. The van der Waals surface area contributed by atoms with Crippen LogP contribution in [0.4, 0.5) is 19.3 Å². The van der Waals surface area contributed by atoms with Gasteiger partial charge in [0.2, 0.25) is 5.91 Å². The van der Waals surface area contributed by atoms with E-state index in [0.29, 0.717) is 18.7 Å². The van der Waals surface area contributed by atoms with Gasteiger partial charge in [-0.3, -0.25) is 9.69 Å². The second kappa shape index (κ2) is 7.94. The van der Waals surface area contributed by atoms with E-state index < -0.39 is 23.6 Å². The third kappa shape index (κ3) is 4.27. The van der Waals surface area contributed by atoms with Gasteiger partial charge in [-0.1, -0.05) is 24.4 Å². The van der Waals surface area contributed by atoms with Crippen molar-refractivity contribution in [3.8, 4) is 0 Å². The summed E-state index contributed by atoms with van der Waals surface area (Å²) >= 11 is 4.51. The number of amides is 2. The normalized spacial score (nSPS) is 23.0. The van der Waals surface area contributed by atoms with Crippen LogP contribution in [-0.2, 0) is 9.53 Å². The third-order valence-electron chi connectivity index (χ3n) is 4.50. The maximum absolute atomic E-state index is 12.4. The molecule has 0 aromatic heterocycles. The molecule has 2 amide bonds. The van der Waals surface area contributed by atoms with Crippen molar-refractivity contribution in [3.63, 3.8) is 0 Å². The fraction of sp³-hybridized carbons (Fsp3) is 0.471. The van der Waals surface area contributed by atoms with E-state index in [2.05, 4.69) is 22.9 Å². The largest absolute Gasteiger partial charge is 0.442 e. The Bertz CT molecular complexity index is 699. The number of nitrogens with zero attached hydrogens (tertiary/aromatic N) is 1. The van der Waals surface area contributed by atoms with Gasteiger partial charge in [-0.15, -0.1) is 0 Å². The molecule has 0 aliphatic carbocycles. The molecule has 1 unspecified atom stereocenters. The van der Waals surface area contributed by atoms with Crippen molar-refractivity contribution in [1.82, 2.24) is 10.6 Å². The molecular formula is C17H19F2N3O3S. The molecule has 0 radical (unpaired) electrons. The van der Waals surface area contributed by atoms with Gasteiger partial charge in [0.15, 0.2) is 0 Å². The number of cyclic esters (lactones) is 1. The van der Waals surface area contributed by atoms with Crippen LogP contribution < -0.4 is 15.5 Å². The van der Waals surface area contributed by atoms with Crippen LogP contribution in [0.15, 0.2) is 24.3 Å². The van der Waals surface area contributed by atoms with E-state index in [1.54, 1.807) is 0 Å². The van der Waals surface area contributed by atoms with Gasteiger partial charge < -0.3 is 15.4 Å². The van der Waals surface area contributed by atoms with Gasteiger partial charge in [0.05, 0.1) is 13.1 Å². The Kier molecular flexibility index (Phi) is 5.65. The summed E-state index contributed by atoms with van der Waals surface area (Å²) in [5, 5.41) is 5.22. The molecule has 2 aliphatic heterocycles. The average molecular weight is 383 g/mol. The average Bonchev–Trinajstić information content (AvgIpc) is 3.00. The maximum atomic E-state index is 12.4. The van der Waals surface area contributed by atoms with Gasteiger partial charge >= 0.3 is 6.09 Å². The van der Waals surface area contributed by atoms with Crippen LogP contribution in [0.5, 0.6) is 0 Å². The summed E-state index contributed by atoms with van der Waals surface area (Å²) in [6.07, 6.45) is -2.46.